The molecule has 0 saturated carbocycles. The second-order valence-electron chi connectivity index (χ2n) is 13.5. The molecule has 0 fully saturated rings. The van der Waals surface area contributed by atoms with Crippen LogP contribution < -0.4 is 4.90 Å². The maximum Gasteiger partial charge on any atom is 0.232 e. The van der Waals surface area contributed by atoms with Gasteiger partial charge in [0.1, 0.15) is 11.1 Å². The molecule has 2 spiro atoms. The summed E-state index contributed by atoms with van der Waals surface area (Å²) in [4.78, 5) is 18.8. The Morgan fingerprint density at radius 3 is 0.941 bits per heavy atom. The second-order valence-corrected chi connectivity index (χ2v) is 13.5. The van der Waals surface area contributed by atoms with Crippen molar-refractivity contribution in [3.05, 3.63) is 215 Å². The van der Waals surface area contributed by atoms with Crippen LogP contribution in [0.1, 0.15) is 33.4 Å². The summed E-state index contributed by atoms with van der Waals surface area (Å²) in [6.45, 7) is 0. The normalized spacial score (nSPS) is 14.9. The summed E-state index contributed by atoms with van der Waals surface area (Å²) in [5, 5.41) is 0. The summed E-state index contributed by atoms with van der Waals surface area (Å²) in [5.41, 5.74) is 12.6. The van der Waals surface area contributed by atoms with Gasteiger partial charge in [-0.25, -0.2) is 4.98 Å². The Bertz CT molecular complexity index is 2390. The lowest BCUT2D eigenvalue weighted by molar-refractivity contribution is 0.497. The lowest BCUT2D eigenvalue weighted by Crippen LogP contribution is -2.53. The molecular weight excluding hydrogens is 621 g/mol. The van der Waals surface area contributed by atoms with E-state index in [2.05, 4.69) is 150 Å². The minimum Gasteiger partial charge on any atom is -0.305 e. The van der Waals surface area contributed by atoms with E-state index >= 15 is 0 Å². The fraction of sp³-hybridized carbons (Fsp3) is 0.0426. The maximum atomic E-state index is 5.53. The lowest BCUT2D eigenvalue weighted by Gasteiger charge is -2.46. The topological polar surface area (TPSA) is 41.9 Å². The third-order valence-corrected chi connectivity index (χ3v) is 11.1. The van der Waals surface area contributed by atoms with Crippen LogP contribution in [0.4, 0.5) is 5.95 Å². The van der Waals surface area contributed by atoms with Crippen molar-refractivity contribution in [1.29, 1.82) is 0 Å². The largest absolute Gasteiger partial charge is 0.305 e. The third-order valence-electron chi connectivity index (χ3n) is 11.1. The molecule has 4 heteroatoms. The van der Waals surface area contributed by atoms with E-state index < -0.39 is 11.1 Å². The minimum atomic E-state index is -0.766. The molecule has 7 aromatic carbocycles. The molecule has 0 radical (unpaired) electrons. The van der Waals surface area contributed by atoms with E-state index in [9.17, 15) is 0 Å². The Kier molecular flexibility index (Phi) is 5.77. The monoisotopic (exact) mass is 650 g/mol. The van der Waals surface area contributed by atoms with Gasteiger partial charge in [0.2, 0.25) is 5.95 Å². The Labute approximate surface area is 296 Å². The number of fused-ring (bicyclic) bond motifs is 13. The Hall–Kier alpha value is -6.65. The van der Waals surface area contributed by atoms with Gasteiger partial charge >= 0.3 is 0 Å². The molecule has 1 aromatic heterocycles. The zero-order valence-electron chi connectivity index (χ0n) is 27.6. The molecule has 2 heterocycles. The highest BCUT2D eigenvalue weighted by Crippen LogP contribution is 2.69. The summed E-state index contributed by atoms with van der Waals surface area (Å²) >= 11 is 0. The zero-order chi connectivity index (χ0) is 33.6. The van der Waals surface area contributed by atoms with Crippen molar-refractivity contribution in [1.82, 2.24) is 15.0 Å². The van der Waals surface area contributed by atoms with E-state index in [1.807, 2.05) is 36.4 Å². The highest BCUT2D eigenvalue weighted by atomic mass is 15.4. The summed E-state index contributed by atoms with van der Waals surface area (Å²) < 4.78 is 0. The van der Waals surface area contributed by atoms with Crippen LogP contribution in [0.5, 0.6) is 0 Å². The molecule has 0 unspecified atom stereocenters. The van der Waals surface area contributed by atoms with Gasteiger partial charge in [-0.05, 0) is 55.6 Å². The van der Waals surface area contributed by atoms with Crippen LogP contribution in [0.2, 0.25) is 0 Å². The van der Waals surface area contributed by atoms with Crippen LogP contribution in [0.3, 0.4) is 0 Å². The van der Waals surface area contributed by atoms with Crippen molar-refractivity contribution in [3.8, 4) is 45.0 Å². The van der Waals surface area contributed by atoms with Gasteiger partial charge in [-0.15, -0.1) is 0 Å². The van der Waals surface area contributed by atoms with Crippen molar-refractivity contribution >= 4 is 5.95 Å². The molecule has 51 heavy (non-hydrogen) atoms. The van der Waals surface area contributed by atoms with Gasteiger partial charge in [0.25, 0.3) is 0 Å². The first-order valence-corrected chi connectivity index (χ1v) is 17.5. The highest BCUT2D eigenvalue weighted by molar-refractivity contribution is 5.94. The number of benzene rings is 7. The van der Waals surface area contributed by atoms with Crippen LogP contribution in [-0.2, 0) is 11.1 Å². The first kappa shape index (κ1) is 28.2. The predicted octanol–water partition coefficient (Wildman–Crippen LogP) is 10.3. The van der Waals surface area contributed by atoms with Gasteiger partial charge in [-0.1, -0.05) is 182 Å². The number of rotatable bonds is 3. The van der Waals surface area contributed by atoms with Crippen molar-refractivity contribution < 1.29 is 0 Å². The first-order valence-electron chi connectivity index (χ1n) is 17.5. The van der Waals surface area contributed by atoms with Crippen molar-refractivity contribution in [2.24, 2.45) is 0 Å². The van der Waals surface area contributed by atoms with E-state index in [1.165, 1.54) is 55.6 Å². The lowest BCUT2D eigenvalue weighted by atomic mass is 9.79. The molecule has 3 aliphatic rings. The summed E-state index contributed by atoms with van der Waals surface area (Å²) in [7, 11) is 0. The number of hydrogen-bond acceptors (Lipinski definition) is 4. The summed E-state index contributed by atoms with van der Waals surface area (Å²) in [6.07, 6.45) is 0. The van der Waals surface area contributed by atoms with Crippen LogP contribution in [-0.4, -0.2) is 15.0 Å². The highest BCUT2D eigenvalue weighted by Gasteiger charge is 2.67. The van der Waals surface area contributed by atoms with Crippen molar-refractivity contribution in [3.63, 3.8) is 0 Å². The second kappa shape index (κ2) is 10.4. The van der Waals surface area contributed by atoms with Gasteiger partial charge < -0.3 is 4.90 Å². The van der Waals surface area contributed by atoms with Gasteiger partial charge in [0.15, 0.2) is 11.6 Å². The number of hydrogen-bond donors (Lipinski definition) is 0. The predicted molar refractivity (Wildman–Crippen MR) is 203 cm³/mol. The Morgan fingerprint density at radius 1 is 0.294 bits per heavy atom. The Balaban J connectivity index is 1.36. The Morgan fingerprint density at radius 2 is 0.588 bits per heavy atom. The number of anilines is 1. The fourth-order valence-electron chi connectivity index (χ4n) is 9.29. The maximum absolute atomic E-state index is 5.53. The number of aromatic nitrogens is 3. The molecule has 11 rings (SSSR count). The molecule has 0 saturated heterocycles. The van der Waals surface area contributed by atoms with Crippen LogP contribution in [0.15, 0.2) is 182 Å². The molecule has 1 aliphatic heterocycles. The molecule has 0 N–H and O–H groups in total. The zero-order valence-corrected chi connectivity index (χ0v) is 27.6. The average molecular weight is 651 g/mol. The molecule has 0 amide bonds. The summed E-state index contributed by atoms with van der Waals surface area (Å²) in [5.74, 6) is 1.90. The fourth-order valence-corrected chi connectivity index (χ4v) is 9.29. The van der Waals surface area contributed by atoms with Gasteiger partial charge in [0, 0.05) is 11.1 Å². The van der Waals surface area contributed by atoms with Gasteiger partial charge in [-0.2, -0.15) is 9.97 Å². The molecule has 2 aliphatic carbocycles. The van der Waals surface area contributed by atoms with Crippen molar-refractivity contribution in [2.75, 3.05) is 4.90 Å². The van der Waals surface area contributed by atoms with E-state index in [4.69, 9.17) is 15.0 Å². The molecule has 0 atom stereocenters. The van der Waals surface area contributed by atoms with Crippen LogP contribution in [0.25, 0.3) is 45.0 Å². The van der Waals surface area contributed by atoms with E-state index in [1.54, 1.807) is 0 Å². The molecule has 0 bridgehead atoms. The average Bonchev–Trinajstić information content (AvgIpc) is 3.79. The number of nitrogens with zero attached hydrogens (tertiary/aromatic N) is 4. The standard InChI is InChI=1S/C47H30N4/c1-3-17-31(18-4-1)43-48-44(32-19-5-2-6-20-32)50-45(49-43)51-46(37-25-11-7-21-33(37)34-22-8-12-26-38(34)46)41-29-15-16-30-42(41)47(51)39-27-13-9-23-35(39)36-24-10-14-28-40(36)47/h1-30H. The van der Waals surface area contributed by atoms with E-state index in [-0.39, 0.29) is 0 Å². The van der Waals surface area contributed by atoms with Gasteiger partial charge in [0.05, 0.1) is 0 Å². The quantitative estimate of drug-likeness (QED) is 0.191. The van der Waals surface area contributed by atoms with E-state index in [0.717, 1.165) is 11.1 Å². The van der Waals surface area contributed by atoms with Gasteiger partial charge in [-0.3, -0.25) is 0 Å². The third kappa shape index (κ3) is 3.56. The molecular formula is C47H30N4. The SMILES string of the molecule is c1ccc(-c2nc(-c3ccccc3)nc(N3C4(c5ccccc5-c5ccccc54)c4ccccc4C34c3ccccc3-c3ccccc34)n2)cc1. The van der Waals surface area contributed by atoms with Crippen LogP contribution >= 0.6 is 0 Å². The molecule has 238 valence electrons. The van der Waals surface area contributed by atoms with E-state index in [0.29, 0.717) is 17.6 Å². The minimum absolute atomic E-state index is 0.622. The summed E-state index contributed by atoms with van der Waals surface area (Å²) in [6, 6.07) is 65.2. The first-order chi connectivity index (χ1) is 25.3. The molecule has 8 aromatic rings. The van der Waals surface area contributed by atoms with Crippen molar-refractivity contribution in [2.45, 2.75) is 11.1 Å². The van der Waals surface area contributed by atoms with Crippen LogP contribution in [0, 0.1) is 0 Å². The smallest absolute Gasteiger partial charge is 0.232 e. The molecule has 4 nitrogen and oxygen atoms in total.